The number of pyridine rings is 1. The average Bonchev–Trinajstić information content (AvgIpc) is 3.33. The predicted octanol–water partition coefficient (Wildman–Crippen LogP) is 2.97. The van der Waals surface area contributed by atoms with Crippen molar-refractivity contribution in [1.82, 2.24) is 20.0 Å². The molecule has 2 heterocycles. The molecule has 3 rings (SSSR count). The lowest BCUT2D eigenvalue weighted by molar-refractivity contribution is 0.123. The van der Waals surface area contributed by atoms with Crippen LogP contribution in [0, 0.1) is 5.92 Å². The van der Waals surface area contributed by atoms with Crippen LogP contribution >= 0.6 is 15.9 Å². The molecule has 1 aliphatic rings. The van der Waals surface area contributed by atoms with E-state index in [2.05, 4.69) is 43.5 Å². The number of hydrogen-bond acceptors (Lipinski definition) is 3. The minimum absolute atomic E-state index is 0.548. The van der Waals surface area contributed by atoms with Crippen LogP contribution in [0.4, 0.5) is 0 Å². The molecule has 1 fully saturated rings. The third-order valence-electron chi connectivity index (χ3n) is 4.02. The van der Waals surface area contributed by atoms with Crippen molar-refractivity contribution in [3.05, 3.63) is 34.7 Å². The Morgan fingerprint density at radius 1 is 1.36 bits per heavy atom. The molecule has 2 aromatic heterocycles. The van der Waals surface area contributed by atoms with Crippen molar-refractivity contribution in [2.45, 2.75) is 32.7 Å². The summed E-state index contributed by atoms with van der Waals surface area (Å²) in [7, 11) is 0. The lowest BCUT2D eigenvalue weighted by Gasteiger charge is -2.11. The maximum atomic E-state index is 5.66. The topological polar surface area (TPSA) is 63.0 Å². The van der Waals surface area contributed by atoms with E-state index < -0.39 is 0 Å². The summed E-state index contributed by atoms with van der Waals surface area (Å²) in [4.78, 5) is 9.21. The van der Waals surface area contributed by atoms with Gasteiger partial charge in [0.05, 0.1) is 12.2 Å². The Morgan fingerprint density at radius 3 is 3.04 bits per heavy atom. The number of nitrogens with zero attached hydrogens (tertiary/aromatic N) is 3. The van der Waals surface area contributed by atoms with Crippen molar-refractivity contribution in [1.29, 1.82) is 0 Å². The smallest absolute Gasteiger partial charge is 0.191 e. The lowest BCUT2D eigenvalue weighted by Crippen LogP contribution is -2.38. The van der Waals surface area contributed by atoms with Gasteiger partial charge in [0.1, 0.15) is 5.65 Å². The number of aromatic nitrogens is 2. The van der Waals surface area contributed by atoms with Crippen molar-refractivity contribution in [3.8, 4) is 0 Å². The molecule has 0 spiro atoms. The summed E-state index contributed by atoms with van der Waals surface area (Å²) in [5.74, 6) is 1.65. The maximum Gasteiger partial charge on any atom is 0.191 e. The van der Waals surface area contributed by atoms with Crippen molar-refractivity contribution >= 4 is 27.5 Å². The summed E-state index contributed by atoms with van der Waals surface area (Å²) in [6.07, 6.45) is 7.68. The van der Waals surface area contributed by atoms with Crippen LogP contribution in [-0.4, -0.2) is 41.6 Å². The van der Waals surface area contributed by atoms with Gasteiger partial charge in [0.2, 0.25) is 0 Å². The number of hydrogen-bond donors (Lipinski definition) is 2. The molecule has 0 radical (unpaired) electrons. The average molecular weight is 408 g/mol. The van der Waals surface area contributed by atoms with E-state index in [0.29, 0.717) is 6.54 Å². The minimum atomic E-state index is 0.548. The molecule has 0 aromatic carbocycles. The second-order valence-electron chi connectivity index (χ2n) is 6.34. The summed E-state index contributed by atoms with van der Waals surface area (Å²) in [6.45, 7) is 6.05. The molecule has 136 valence electrons. The largest absolute Gasteiger partial charge is 0.381 e. The molecule has 25 heavy (non-hydrogen) atoms. The first-order chi connectivity index (χ1) is 12.2. The molecule has 0 unspecified atom stereocenters. The van der Waals surface area contributed by atoms with Gasteiger partial charge < -0.3 is 19.8 Å². The number of fused-ring (bicyclic) bond motifs is 1. The van der Waals surface area contributed by atoms with Gasteiger partial charge in [0.25, 0.3) is 0 Å². The minimum Gasteiger partial charge on any atom is -0.381 e. The van der Waals surface area contributed by atoms with E-state index in [4.69, 9.17) is 4.74 Å². The fourth-order valence-corrected chi connectivity index (χ4v) is 2.86. The first-order valence-corrected chi connectivity index (χ1v) is 9.77. The van der Waals surface area contributed by atoms with Crippen molar-refractivity contribution in [2.24, 2.45) is 10.9 Å². The number of rotatable bonds is 9. The van der Waals surface area contributed by atoms with Crippen LogP contribution in [0.25, 0.3) is 5.65 Å². The van der Waals surface area contributed by atoms with E-state index in [-0.39, 0.29) is 0 Å². The van der Waals surface area contributed by atoms with Gasteiger partial charge in [0, 0.05) is 43.2 Å². The molecule has 0 aliphatic heterocycles. The summed E-state index contributed by atoms with van der Waals surface area (Å²) >= 11 is 3.48. The van der Waals surface area contributed by atoms with Gasteiger partial charge in [0.15, 0.2) is 5.96 Å². The number of halogens is 1. The van der Waals surface area contributed by atoms with Gasteiger partial charge in [-0.25, -0.2) is 9.98 Å². The van der Waals surface area contributed by atoms with Crippen LogP contribution in [0.15, 0.2) is 34.0 Å². The number of guanidine groups is 1. The third-order valence-corrected chi connectivity index (χ3v) is 4.49. The molecule has 1 aliphatic carbocycles. The van der Waals surface area contributed by atoms with Gasteiger partial charge >= 0.3 is 0 Å². The quantitative estimate of drug-likeness (QED) is 0.381. The highest BCUT2D eigenvalue weighted by atomic mass is 79.9. The molecule has 6 nitrogen and oxygen atoms in total. The maximum absolute atomic E-state index is 5.66. The zero-order chi connectivity index (χ0) is 17.5. The highest BCUT2D eigenvalue weighted by Gasteiger charge is 2.20. The Kier molecular flexibility index (Phi) is 6.69. The van der Waals surface area contributed by atoms with Crippen molar-refractivity contribution in [3.63, 3.8) is 0 Å². The highest BCUT2D eigenvalue weighted by molar-refractivity contribution is 9.10. The molecule has 7 heteroatoms. The fourth-order valence-electron chi connectivity index (χ4n) is 2.51. The van der Waals surface area contributed by atoms with Gasteiger partial charge in [-0.3, -0.25) is 0 Å². The molecule has 0 atom stereocenters. The van der Waals surface area contributed by atoms with Crippen LogP contribution in [-0.2, 0) is 11.3 Å². The first kappa shape index (κ1) is 18.2. The summed E-state index contributed by atoms with van der Waals surface area (Å²) < 4.78 is 8.70. The molecule has 2 N–H and O–H groups in total. The van der Waals surface area contributed by atoms with Gasteiger partial charge in [-0.1, -0.05) is 0 Å². The van der Waals surface area contributed by atoms with Gasteiger partial charge in [-0.05, 0) is 60.2 Å². The molecule has 1 saturated carbocycles. The zero-order valence-corrected chi connectivity index (χ0v) is 16.3. The normalized spacial score (nSPS) is 14.9. The SMILES string of the molecule is CCNC(=NCc1cn2cc(Br)ccc2n1)NCCCOCC1CC1. The van der Waals surface area contributed by atoms with Crippen molar-refractivity contribution < 1.29 is 4.74 Å². The Balaban J connectivity index is 1.46. The van der Waals surface area contributed by atoms with Crippen LogP contribution in [0.3, 0.4) is 0 Å². The van der Waals surface area contributed by atoms with E-state index >= 15 is 0 Å². The summed E-state index contributed by atoms with van der Waals surface area (Å²) in [5.41, 5.74) is 1.88. The molecule has 0 amide bonds. The molecule has 0 bridgehead atoms. The Morgan fingerprint density at radius 2 is 2.24 bits per heavy atom. The second kappa shape index (κ2) is 9.20. The number of aliphatic imine (C=N–C) groups is 1. The molecule has 0 saturated heterocycles. The monoisotopic (exact) mass is 407 g/mol. The first-order valence-electron chi connectivity index (χ1n) is 8.97. The fraction of sp³-hybridized carbons (Fsp3) is 0.556. The third kappa shape index (κ3) is 6.01. The summed E-state index contributed by atoms with van der Waals surface area (Å²) in [6, 6.07) is 3.98. The molecular weight excluding hydrogens is 382 g/mol. The second-order valence-corrected chi connectivity index (χ2v) is 7.25. The van der Waals surface area contributed by atoms with Crippen LogP contribution in [0.1, 0.15) is 31.9 Å². The van der Waals surface area contributed by atoms with E-state index in [1.54, 1.807) is 0 Å². The Labute approximate surface area is 157 Å². The van der Waals surface area contributed by atoms with Crippen LogP contribution in [0.5, 0.6) is 0 Å². The van der Waals surface area contributed by atoms with E-state index in [9.17, 15) is 0 Å². The predicted molar refractivity (Wildman–Crippen MR) is 104 cm³/mol. The van der Waals surface area contributed by atoms with Crippen LogP contribution in [0.2, 0.25) is 0 Å². The van der Waals surface area contributed by atoms with E-state index in [0.717, 1.165) is 60.4 Å². The Hall–Kier alpha value is -1.60. The number of ether oxygens (including phenoxy) is 1. The number of nitrogens with one attached hydrogen (secondary N) is 2. The van der Waals surface area contributed by atoms with Gasteiger partial charge in [-0.2, -0.15) is 0 Å². The number of imidazole rings is 1. The van der Waals surface area contributed by atoms with Crippen LogP contribution < -0.4 is 10.6 Å². The van der Waals surface area contributed by atoms with E-state index in [1.807, 2.05) is 28.9 Å². The highest BCUT2D eigenvalue weighted by Crippen LogP contribution is 2.28. The van der Waals surface area contributed by atoms with Gasteiger partial charge in [-0.15, -0.1) is 0 Å². The molecule has 2 aromatic rings. The Bertz CT molecular complexity index is 711. The summed E-state index contributed by atoms with van der Waals surface area (Å²) in [5, 5.41) is 6.63. The molecular formula is C18H26BrN5O. The lowest BCUT2D eigenvalue weighted by atomic mass is 10.4. The van der Waals surface area contributed by atoms with Crippen molar-refractivity contribution in [2.75, 3.05) is 26.3 Å². The zero-order valence-electron chi connectivity index (χ0n) is 14.7. The van der Waals surface area contributed by atoms with E-state index in [1.165, 1.54) is 12.8 Å². The standard InChI is InChI=1S/C18H26BrN5O/c1-2-20-18(21-8-3-9-25-13-14-4-5-14)22-10-16-12-24-11-15(19)6-7-17(24)23-16/h6-7,11-12,14H,2-5,8-10,13H2,1H3,(H2,20,21,22).